The number of rotatable bonds is 6. The number of nitrogens with zero attached hydrogens (tertiary/aromatic N) is 1. The van der Waals surface area contributed by atoms with Crippen LogP contribution in [-0.4, -0.2) is 12.6 Å². The number of benzene rings is 2. The lowest BCUT2D eigenvalue weighted by Gasteiger charge is -2.05. The Balaban J connectivity index is 1.69. The lowest BCUT2D eigenvalue weighted by molar-refractivity contribution is 0.140. The summed E-state index contributed by atoms with van der Waals surface area (Å²) in [7, 11) is 0. The van der Waals surface area contributed by atoms with Crippen molar-refractivity contribution in [3.63, 3.8) is 0 Å². The minimum atomic E-state index is -0.438. The van der Waals surface area contributed by atoms with Gasteiger partial charge in [-0.15, -0.1) is 0 Å². The standard InChI is InChI=1S/C19H19N3O2/c20-13-17-12-15(9-10-18(17)21)6-4-5-11-22-19(23)24-14-16-7-2-1-3-8-16/h1-4,6-10,12H,5,11,14,21H2,(H,22,23). The van der Waals surface area contributed by atoms with Crippen molar-refractivity contribution in [3.05, 3.63) is 71.3 Å². The molecule has 122 valence electrons. The summed E-state index contributed by atoms with van der Waals surface area (Å²) in [5.41, 5.74) is 8.44. The van der Waals surface area contributed by atoms with Gasteiger partial charge < -0.3 is 15.8 Å². The van der Waals surface area contributed by atoms with Crippen LogP contribution in [-0.2, 0) is 11.3 Å². The molecule has 0 aliphatic rings. The summed E-state index contributed by atoms with van der Waals surface area (Å²) >= 11 is 0. The van der Waals surface area contributed by atoms with Gasteiger partial charge in [0.2, 0.25) is 0 Å². The van der Waals surface area contributed by atoms with Crippen LogP contribution in [0.3, 0.4) is 0 Å². The van der Waals surface area contributed by atoms with Crippen LogP contribution in [0.15, 0.2) is 54.6 Å². The molecule has 0 aromatic heterocycles. The highest BCUT2D eigenvalue weighted by Crippen LogP contribution is 2.14. The Labute approximate surface area is 141 Å². The van der Waals surface area contributed by atoms with Crippen LogP contribution >= 0.6 is 0 Å². The van der Waals surface area contributed by atoms with Crippen molar-refractivity contribution in [2.75, 3.05) is 12.3 Å². The van der Waals surface area contributed by atoms with Crippen molar-refractivity contribution in [2.45, 2.75) is 13.0 Å². The number of ether oxygens (including phenoxy) is 1. The number of amides is 1. The van der Waals surface area contributed by atoms with Crippen LogP contribution in [0.2, 0.25) is 0 Å². The van der Waals surface area contributed by atoms with Gasteiger partial charge in [0.25, 0.3) is 0 Å². The fourth-order valence-electron chi connectivity index (χ4n) is 2.03. The molecule has 1 amide bonds. The van der Waals surface area contributed by atoms with Crippen molar-refractivity contribution in [1.29, 1.82) is 5.26 Å². The quantitative estimate of drug-likeness (QED) is 0.630. The zero-order valence-electron chi connectivity index (χ0n) is 13.2. The Bertz CT molecular complexity index is 749. The molecule has 0 aliphatic carbocycles. The van der Waals surface area contributed by atoms with E-state index in [1.807, 2.05) is 54.6 Å². The predicted octanol–water partition coefficient (Wildman–Crippen LogP) is 3.47. The van der Waals surface area contributed by atoms with Crippen molar-refractivity contribution >= 4 is 17.9 Å². The highest BCUT2D eigenvalue weighted by Gasteiger charge is 2.01. The van der Waals surface area contributed by atoms with Crippen molar-refractivity contribution in [3.8, 4) is 6.07 Å². The average Bonchev–Trinajstić information content (AvgIpc) is 2.62. The van der Waals surface area contributed by atoms with E-state index < -0.39 is 6.09 Å². The molecule has 0 bridgehead atoms. The van der Waals surface area contributed by atoms with Crippen molar-refractivity contribution in [1.82, 2.24) is 5.32 Å². The fourth-order valence-corrected chi connectivity index (χ4v) is 2.03. The van der Waals surface area contributed by atoms with E-state index in [-0.39, 0.29) is 6.61 Å². The lowest BCUT2D eigenvalue weighted by atomic mass is 10.1. The summed E-state index contributed by atoms with van der Waals surface area (Å²) in [5, 5.41) is 11.6. The molecule has 5 heteroatoms. The highest BCUT2D eigenvalue weighted by atomic mass is 16.5. The van der Waals surface area contributed by atoms with Gasteiger partial charge in [-0.05, 0) is 29.7 Å². The lowest BCUT2D eigenvalue weighted by Crippen LogP contribution is -2.24. The number of carbonyl (C=O) groups is 1. The molecular weight excluding hydrogens is 302 g/mol. The van der Waals surface area contributed by atoms with E-state index >= 15 is 0 Å². The van der Waals surface area contributed by atoms with E-state index in [9.17, 15) is 4.79 Å². The van der Waals surface area contributed by atoms with E-state index in [1.165, 1.54) is 0 Å². The maximum Gasteiger partial charge on any atom is 0.407 e. The number of nitrogen functional groups attached to an aromatic ring is 1. The topological polar surface area (TPSA) is 88.1 Å². The summed E-state index contributed by atoms with van der Waals surface area (Å²) in [6, 6.07) is 16.8. The summed E-state index contributed by atoms with van der Waals surface area (Å²) in [5.74, 6) is 0. The van der Waals surface area contributed by atoms with E-state index in [0.29, 0.717) is 24.2 Å². The van der Waals surface area contributed by atoms with E-state index in [0.717, 1.165) is 11.1 Å². The molecule has 0 saturated heterocycles. The van der Waals surface area contributed by atoms with Crippen molar-refractivity contribution in [2.24, 2.45) is 0 Å². The summed E-state index contributed by atoms with van der Waals surface area (Å²) < 4.78 is 5.11. The Kier molecular flexibility index (Phi) is 6.42. The molecule has 5 nitrogen and oxygen atoms in total. The summed E-state index contributed by atoms with van der Waals surface area (Å²) in [6.07, 6.45) is 4.03. The minimum absolute atomic E-state index is 0.255. The number of hydrogen-bond donors (Lipinski definition) is 2. The average molecular weight is 321 g/mol. The molecule has 2 aromatic rings. The second kappa shape index (κ2) is 9.01. The summed E-state index contributed by atoms with van der Waals surface area (Å²) in [6.45, 7) is 0.731. The molecule has 0 aliphatic heterocycles. The number of alkyl carbamates (subject to hydrolysis) is 1. The minimum Gasteiger partial charge on any atom is -0.445 e. The molecule has 0 heterocycles. The number of carbonyl (C=O) groups excluding carboxylic acids is 1. The maximum atomic E-state index is 11.6. The first-order valence-corrected chi connectivity index (χ1v) is 7.60. The fraction of sp³-hybridized carbons (Fsp3) is 0.158. The monoisotopic (exact) mass is 321 g/mol. The van der Waals surface area contributed by atoms with Crippen LogP contribution in [0.25, 0.3) is 6.08 Å². The first-order valence-electron chi connectivity index (χ1n) is 7.60. The van der Waals surface area contributed by atoms with Crippen LogP contribution in [0.1, 0.15) is 23.1 Å². The first-order chi connectivity index (χ1) is 11.7. The zero-order chi connectivity index (χ0) is 17.2. The molecular formula is C19H19N3O2. The molecule has 0 spiro atoms. The third-order valence-electron chi connectivity index (χ3n) is 3.30. The van der Waals surface area contributed by atoms with Crippen LogP contribution in [0.4, 0.5) is 10.5 Å². The van der Waals surface area contributed by atoms with Gasteiger partial charge in [-0.25, -0.2) is 4.79 Å². The molecule has 0 saturated carbocycles. The number of hydrogen-bond acceptors (Lipinski definition) is 4. The third kappa shape index (κ3) is 5.50. The largest absolute Gasteiger partial charge is 0.445 e. The Morgan fingerprint density at radius 3 is 2.79 bits per heavy atom. The first kappa shape index (κ1) is 17.1. The summed E-state index contributed by atoms with van der Waals surface area (Å²) in [4.78, 5) is 11.6. The third-order valence-corrected chi connectivity index (χ3v) is 3.30. The molecule has 24 heavy (non-hydrogen) atoms. The zero-order valence-corrected chi connectivity index (χ0v) is 13.2. The smallest absolute Gasteiger partial charge is 0.407 e. The molecule has 3 N–H and O–H groups in total. The number of anilines is 1. The van der Waals surface area contributed by atoms with E-state index in [1.54, 1.807) is 12.1 Å². The number of nitriles is 1. The second-order valence-corrected chi connectivity index (χ2v) is 5.14. The number of nitrogens with two attached hydrogens (primary N) is 1. The molecule has 0 radical (unpaired) electrons. The van der Waals surface area contributed by atoms with Crippen LogP contribution in [0.5, 0.6) is 0 Å². The van der Waals surface area contributed by atoms with E-state index in [4.69, 9.17) is 15.7 Å². The normalized spacial score (nSPS) is 10.3. The SMILES string of the molecule is N#Cc1cc(C=CCCNC(=O)OCc2ccccc2)ccc1N. The van der Waals surface area contributed by atoms with Gasteiger partial charge in [-0.2, -0.15) is 5.26 Å². The second-order valence-electron chi connectivity index (χ2n) is 5.14. The molecule has 2 aromatic carbocycles. The number of nitrogens with one attached hydrogen (secondary N) is 1. The molecule has 0 unspecified atom stereocenters. The van der Waals surface area contributed by atoms with Gasteiger partial charge in [0.1, 0.15) is 12.7 Å². The molecule has 2 rings (SSSR count). The predicted molar refractivity (Wildman–Crippen MR) is 93.9 cm³/mol. The Morgan fingerprint density at radius 2 is 2.04 bits per heavy atom. The van der Waals surface area contributed by atoms with Gasteiger partial charge >= 0.3 is 6.09 Å². The van der Waals surface area contributed by atoms with Gasteiger partial charge in [-0.3, -0.25) is 0 Å². The van der Waals surface area contributed by atoms with Gasteiger partial charge in [0.15, 0.2) is 0 Å². The van der Waals surface area contributed by atoms with Gasteiger partial charge in [0, 0.05) is 12.2 Å². The Morgan fingerprint density at radius 1 is 1.25 bits per heavy atom. The Hall–Kier alpha value is -3.26. The van der Waals surface area contributed by atoms with E-state index in [2.05, 4.69) is 5.32 Å². The van der Waals surface area contributed by atoms with Crippen molar-refractivity contribution < 1.29 is 9.53 Å². The van der Waals surface area contributed by atoms with Gasteiger partial charge in [-0.1, -0.05) is 48.6 Å². The molecule has 0 fully saturated rings. The highest BCUT2D eigenvalue weighted by molar-refractivity contribution is 5.67. The maximum absolute atomic E-state index is 11.6. The van der Waals surface area contributed by atoms with Gasteiger partial charge in [0.05, 0.1) is 5.56 Å². The molecule has 0 atom stereocenters. The van der Waals surface area contributed by atoms with Crippen LogP contribution < -0.4 is 11.1 Å². The van der Waals surface area contributed by atoms with Crippen LogP contribution in [0, 0.1) is 11.3 Å².